The molecule has 0 aliphatic heterocycles. The largest absolute Gasteiger partial charge is 0.311 e. The van der Waals surface area contributed by atoms with Crippen LogP contribution in [0.2, 0.25) is 0 Å². The third kappa shape index (κ3) is 8.47. The van der Waals surface area contributed by atoms with Crippen LogP contribution in [0.4, 0.5) is 0 Å². The van der Waals surface area contributed by atoms with E-state index in [-0.39, 0.29) is 24.8 Å². The number of hydrogen-bond acceptors (Lipinski definition) is 3. The van der Waals surface area contributed by atoms with Gasteiger partial charge in [-0.2, -0.15) is 5.10 Å². The van der Waals surface area contributed by atoms with Gasteiger partial charge in [0.25, 0.3) is 0 Å². The van der Waals surface area contributed by atoms with Crippen molar-refractivity contribution in [3.63, 3.8) is 0 Å². The molecule has 0 bridgehead atoms. The number of hydrogen-bond donors (Lipinski definition) is 1. The zero-order valence-electron chi connectivity index (χ0n) is 12.3. The number of aryl methyl sites for hydroxylation is 1. The molecule has 0 atom stereocenters. The first-order valence-corrected chi connectivity index (χ1v) is 6.75. The Kier molecular flexibility index (Phi) is 14.1. The van der Waals surface area contributed by atoms with Crippen molar-refractivity contribution in [3.8, 4) is 0 Å². The molecular formula is C13H28Cl2N4. The molecule has 0 amide bonds. The van der Waals surface area contributed by atoms with E-state index in [1.165, 1.54) is 13.0 Å². The fourth-order valence-electron chi connectivity index (χ4n) is 1.86. The normalized spacial score (nSPS) is 10.1. The third-order valence-corrected chi connectivity index (χ3v) is 3.05. The van der Waals surface area contributed by atoms with Crippen molar-refractivity contribution >= 4 is 24.8 Å². The molecule has 4 nitrogen and oxygen atoms in total. The topological polar surface area (TPSA) is 33.1 Å². The molecule has 6 heteroatoms. The highest BCUT2D eigenvalue weighted by Gasteiger charge is 1.99. The van der Waals surface area contributed by atoms with Crippen molar-refractivity contribution < 1.29 is 0 Å². The first-order chi connectivity index (χ1) is 8.30. The van der Waals surface area contributed by atoms with Crippen LogP contribution >= 0.6 is 24.8 Å². The number of halogens is 2. The zero-order chi connectivity index (χ0) is 12.5. The maximum atomic E-state index is 4.44. The van der Waals surface area contributed by atoms with Crippen molar-refractivity contribution in [3.05, 3.63) is 18.0 Å². The predicted octanol–water partition coefficient (Wildman–Crippen LogP) is 2.57. The highest BCUT2D eigenvalue weighted by molar-refractivity contribution is 5.85. The first kappa shape index (κ1) is 21.0. The molecule has 1 heterocycles. The minimum absolute atomic E-state index is 0. The summed E-state index contributed by atoms with van der Waals surface area (Å²) in [4.78, 5) is 2.45. The van der Waals surface area contributed by atoms with Crippen LogP contribution in [0.5, 0.6) is 0 Å². The Bertz CT molecular complexity index is 301. The van der Waals surface area contributed by atoms with Crippen LogP contribution < -0.4 is 5.32 Å². The van der Waals surface area contributed by atoms with Gasteiger partial charge in [-0.25, -0.2) is 0 Å². The molecule has 1 N–H and O–H groups in total. The van der Waals surface area contributed by atoms with Crippen LogP contribution in [0.1, 0.15) is 32.9 Å². The number of nitrogens with zero attached hydrogens (tertiary/aromatic N) is 3. The van der Waals surface area contributed by atoms with E-state index in [2.05, 4.69) is 42.2 Å². The van der Waals surface area contributed by atoms with Gasteiger partial charge >= 0.3 is 0 Å². The van der Waals surface area contributed by atoms with Gasteiger partial charge in [0.1, 0.15) is 0 Å². The van der Waals surface area contributed by atoms with E-state index in [0.717, 1.165) is 38.4 Å². The minimum atomic E-state index is 0. The quantitative estimate of drug-likeness (QED) is 0.712. The average molecular weight is 311 g/mol. The van der Waals surface area contributed by atoms with Crippen molar-refractivity contribution in [2.45, 2.75) is 40.3 Å². The van der Waals surface area contributed by atoms with Gasteiger partial charge in [-0.3, -0.25) is 4.68 Å². The Morgan fingerprint density at radius 3 is 2.42 bits per heavy atom. The lowest BCUT2D eigenvalue weighted by molar-refractivity contribution is 0.298. The average Bonchev–Trinajstić information content (AvgIpc) is 2.82. The molecule has 0 aliphatic rings. The summed E-state index contributed by atoms with van der Waals surface area (Å²) in [5.41, 5.74) is 1.13. The van der Waals surface area contributed by atoms with E-state index in [1.807, 2.05) is 10.9 Å². The van der Waals surface area contributed by atoms with Gasteiger partial charge in [-0.15, -0.1) is 24.8 Å². The van der Waals surface area contributed by atoms with Crippen LogP contribution in [-0.4, -0.2) is 40.9 Å². The minimum Gasteiger partial charge on any atom is -0.311 e. The van der Waals surface area contributed by atoms with Crippen molar-refractivity contribution in [2.75, 3.05) is 26.2 Å². The fraction of sp³-hybridized carbons (Fsp3) is 0.769. The van der Waals surface area contributed by atoms with E-state index in [1.54, 1.807) is 0 Å². The van der Waals surface area contributed by atoms with Crippen molar-refractivity contribution in [1.82, 2.24) is 20.0 Å². The molecule has 0 aliphatic carbocycles. The molecule has 1 aromatic heterocycles. The molecule has 0 aromatic carbocycles. The van der Waals surface area contributed by atoms with Gasteiger partial charge in [-0.1, -0.05) is 13.8 Å². The van der Waals surface area contributed by atoms with E-state index in [0.29, 0.717) is 0 Å². The maximum Gasteiger partial charge on any atom is 0.0762 e. The standard InChI is InChI=1S/C13H26N4.2ClH/c1-4-16(5-2)10-7-9-14-12-13-8-11-17(6-3)15-13;;/h8,11,14H,4-7,9-10,12H2,1-3H3;2*1H. The summed E-state index contributed by atoms with van der Waals surface area (Å²) in [5.74, 6) is 0. The summed E-state index contributed by atoms with van der Waals surface area (Å²) in [6.45, 7) is 12.9. The SMILES string of the molecule is CCN(CC)CCCNCc1ccn(CC)n1.Cl.Cl. The first-order valence-electron chi connectivity index (χ1n) is 6.75. The third-order valence-electron chi connectivity index (χ3n) is 3.05. The molecule has 0 unspecified atom stereocenters. The van der Waals surface area contributed by atoms with Crippen LogP contribution in [0.3, 0.4) is 0 Å². The van der Waals surface area contributed by atoms with Gasteiger partial charge in [0, 0.05) is 19.3 Å². The smallest absolute Gasteiger partial charge is 0.0762 e. The van der Waals surface area contributed by atoms with Gasteiger partial charge in [0.05, 0.1) is 5.69 Å². The molecule has 0 radical (unpaired) electrons. The maximum absolute atomic E-state index is 4.44. The molecular weight excluding hydrogens is 283 g/mol. The summed E-state index contributed by atoms with van der Waals surface area (Å²) < 4.78 is 1.97. The predicted molar refractivity (Wildman–Crippen MR) is 86.5 cm³/mol. The Morgan fingerprint density at radius 2 is 1.89 bits per heavy atom. The molecule has 0 fully saturated rings. The lowest BCUT2D eigenvalue weighted by Gasteiger charge is -2.17. The van der Waals surface area contributed by atoms with Crippen molar-refractivity contribution in [2.24, 2.45) is 0 Å². The molecule has 1 rings (SSSR count). The summed E-state index contributed by atoms with van der Waals surface area (Å²) in [6.07, 6.45) is 3.24. The van der Waals surface area contributed by atoms with Crippen LogP contribution in [0.25, 0.3) is 0 Å². The number of aromatic nitrogens is 2. The highest BCUT2D eigenvalue weighted by atomic mass is 35.5. The van der Waals surface area contributed by atoms with Crippen LogP contribution in [0, 0.1) is 0 Å². The zero-order valence-corrected chi connectivity index (χ0v) is 13.9. The molecule has 0 saturated carbocycles. The Balaban J connectivity index is 0. The monoisotopic (exact) mass is 310 g/mol. The lowest BCUT2D eigenvalue weighted by Crippen LogP contribution is -2.27. The summed E-state index contributed by atoms with van der Waals surface area (Å²) in [6, 6.07) is 2.08. The van der Waals surface area contributed by atoms with Gasteiger partial charge in [-0.05, 0) is 45.6 Å². The lowest BCUT2D eigenvalue weighted by atomic mass is 10.3. The molecule has 0 saturated heterocycles. The number of nitrogens with one attached hydrogen (secondary N) is 1. The summed E-state index contributed by atoms with van der Waals surface area (Å²) in [7, 11) is 0. The van der Waals surface area contributed by atoms with Crippen molar-refractivity contribution in [1.29, 1.82) is 0 Å². The number of rotatable bonds is 9. The molecule has 0 spiro atoms. The Hall–Kier alpha value is -0.290. The molecule has 1 aromatic rings. The van der Waals surface area contributed by atoms with E-state index >= 15 is 0 Å². The van der Waals surface area contributed by atoms with E-state index in [4.69, 9.17) is 0 Å². The van der Waals surface area contributed by atoms with Gasteiger partial charge in [0.15, 0.2) is 0 Å². The Labute approximate surface area is 129 Å². The Morgan fingerprint density at radius 1 is 1.21 bits per heavy atom. The van der Waals surface area contributed by atoms with E-state index < -0.39 is 0 Å². The van der Waals surface area contributed by atoms with Crippen LogP contribution in [-0.2, 0) is 13.1 Å². The van der Waals surface area contributed by atoms with E-state index in [9.17, 15) is 0 Å². The summed E-state index contributed by atoms with van der Waals surface area (Å²) in [5, 5.41) is 7.88. The van der Waals surface area contributed by atoms with Gasteiger partial charge < -0.3 is 10.2 Å². The molecule has 114 valence electrons. The second-order valence-electron chi connectivity index (χ2n) is 4.22. The highest BCUT2D eigenvalue weighted by Crippen LogP contribution is 1.95. The summed E-state index contributed by atoms with van der Waals surface area (Å²) >= 11 is 0. The molecule has 19 heavy (non-hydrogen) atoms. The van der Waals surface area contributed by atoms with Gasteiger partial charge in [0.2, 0.25) is 0 Å². The van der Waals surface area contributed by atoms with Crippen LogP contribution in [0.15, 0.2) is 12.3 Å². The second-order valence-corrected chi connectivity index (χ2v) is 4.22. The second kappa shape index (κ2) is 12.7. The fourth-order valence-corrected chi connectivity index (χ4v) is 1.86.